The standard InChI is InChI=1S/C14H28N2O3/c1-4-11(3)13(15)14(17)16-7-6-12(10-16)19-9-8-18-5-2/h11-13H,4-10,15H2,1-3H3/t11?,12-,13?/m0/s1. The zero-order valence-corrected chi connectivity index (χ0v) is 12.4. The monoisotopic (exact) mass is 272 g/mol. The predicted molar refractivity (Wildman–Crippen MR) is 74.9 cm³/mol. The zero-order chi connectivity index (χ0) is 14.3. The van der Waals surface area contributed by atoms with E-state index in [-0.39, 0.29) is 24.0 Å². The molecule has 1 aliphatic rings. The largest absolute Gasteiger partial charge is 0.379 e. The zero-order valence-electron chi connectivity index (χ0n) is 12.4. The van der Waals surface area contributed by atoms with E-state index < -0.39 is 0 Å². The second kappa shape index (κ2) is 8.51. The maximum atomic E-state index is 12.2. The van der Waals surface area contributed by atoms with E-state index >= 15 is 0 Å². The Morgan fingerprint density at radius 2 is 2.16 bits per heavy atom. The molecule has 5 heteroatoms. The van der Waals surface area contributed by atoms with Gasteiger partial charge < -0.3 is 20.1 Å². The van der Waals surface area contributed by atoms with Crippen LogP contribution in [-0.4, -0.2) is 55.9 Å². The molecule has 0 spiro atoms. The van der Waals surface area contributed by atoms with E-state index in [9.17, 15) is 4.79 Å². The summed E-state index contributed by atoms with van der Waals surface area (Å²) in [6.07, 6.45) is 1.95. The molecule has 1 saturated heterocycles. The third kappa shape index (κ3) is 5.09. The number of amides is 1. The van der Waals surface area contributed by atoms with Crippen molar-refractivity contribution >= 4 is 5.91 Å². The van der Waals surface area contributed by atoms with Crippen LogP contribution < -0.4 is 5.73 Å². The van der Waals surface area contributed by atoms with Gasteiger partial charge in [-0.25, -0.2) is 0 Å². The highest BCUT2D eigenvalue weighted by Gasteiger charge is 2.31. The quantitative estimate of drug-likeness (QED) is 0.670. The smallest absolute Gasteiger partial charge is 0.239 e. The minimum Gasteiger partial charge on any atom is -0.379 e. The van der Waals surface area contributed by atoms with E-state index in [1.165, 1.54) is 0 Å². The van der Waals surface area contributed by atoms with Crippen LogP contribution in [0.1, 0.15) is 33.6 Å². The van der Waals surface area contributed by atoms with Crippen LogP contribution in [0.5, 0.6) is 0 Å². The van der Waals surface area contributed by atoms with Crippen molar-refractivity contribution in [2.75, 3.05) is 32.9 Å². The summed E-state index contributed by atoms with van der Waals surface area (Å²) in [6, 6.07) is -0.382. The Hall–Kier alpha value is -0.650. The van der Waals surface area contributed by atoms with Crippen molar-refractivity contribution < 1.29 is 14.3 Å². The van der Waals surface area contributed by atoms with Crippen molar-refractivity contribution in [3.63, 3.8) is 0 Å². The molecule has 2 N–H and O–H groups in total. The number of likely N-dealkylation sites (tertiary alicyclic amines) is 1. The lowest BCUT2D eigenvalue weighted by molar-refractivity contribution is -0.133. The molecule has 1 fully saturated rings. The van der Waals surface area contributed by atoms with Gasteiger partial charge in [0.1, 0.15) is 0 Å². The Kier molecular flexibility index (Phi) is 7.34. The van der Waals surface area contributed by atoms with Crippen molar-refractivity contribution in [1.29, 1.82) is 0 Å². The first-order valence-electron chi connectivity index (χ1n) is 7.33. The number of rotatable bonds is 8. The first-order chi connectivity index (χ1) is 9.10. The van der Waals surface area contributed by atoms with Crippen molar-refractivity contribution in [1.82, 2.24) is 4.90 Å². The van der Waals surface area contributed by atoms with E-state index in [1.807, 2.05) is 18.7 Å². The van der Waals surface area contributed by atoms with Gasteiger partial charge in [-0.15, -0.1) is 0 Å². The number of nitrogens with zero attached hydrogens (tertiary/aromatic N) is 1. The van der Waals surface area contributed by atoms with Crippen LogP contribution >= 0.6 is 0 Å². The van der Waals surface area contributed by atoms with Gasteiger partial charge in [-0.2, -0.15) is 0 Å². The molecule has 5 nitrogen and oxygen atoms in total. The van der Waals surface area contributed by atoms with Gasteiger partial charge in [0.15, 0.2) is 0 Å². The van der Waals surface area contributed by atoms with Gasteiger partial charge in [0, 0.05) is 19.7 Å². The number of hydrogen-bond acceptors (Lipinski definition) is 4. The lowest BCUT2D eigenvalue weighted by atomic mass is 9.99. The van der Waals surface area contributed by atoms with Gasteiger partial charge in [0.2, 0.25) is 5.91 Å². The van der Waals surface area contributed by atoms with E-state index in [0.29, 0.717) is 26.4 Å². The average molecular weight is 272 g/mol. The highest BCUT2D eigenvalue weighted by molar-refractivity contribution is 5.82. The van der Waals surface area contributed by atoms with Gasteiger partial charge in [0.05, 0.1) is 25.4 Å². The van der Waals surface area contributed by atoms with Crippen molar-refractivity contribution in [2.45, 2.75) is 45.8 Å². The van der Waals surface area contributed by atoms with Gasteiger partial charge >= 0.3 is 0 Å². The van der Waals surface area contributed by atoms with Crippen LogP contribution in [0.4, 0.5) is 0 Å². The summed E-state index contributed by atoms with van der Waals surface area (Å²) in [5.74, 6) is 0.288. The average Bonchev–Trinajstić information content (AvgIpc) is 2.89. The summed E-state index contributed by atoms with van der Waals surface area (Å²) in [5, 5.41) is 0. The highest BCUT2D eigenvalue weighted by atomic mass is 16.5. The molecule has 0 radical (unpaired) electrons. The van der Waals surface area contributed by atoms with Crippen LogP contribution in [0, 0.1) is 5.92 Å². The summed E-state index contributed by atoms with van der Waals surface area (Å²) in [4.78, 5) is 14.0. The molecule has 2 unspecified atom stereocenters. The molecule has 112 valence electrons. The second-order valence-corrected chi connectivity index (χ2v) is 5.17. The summed E-state index contributed by atoms with van der Waals surface area (Å²) in [6.45, 7) is 9.38. The number of hydrogen-bond donors (Lipinski definition) is 1. The summed E-state index contributed by atoms with van der Waals surface area (Å²) >= 11 is 0. The fourth-order valence-corrected chi connectivity index (χ4v) is 2.19. The second-order valence-electron chi connectivity index (χ2n) is 5.17. The number of nitrogens with two attached hydrogens (primary N) is 1. The van der Waals surface area contributed by atoms with Crippen LogP contribution in [0.2, 0.25) is 0 Å². The maximum Gasteiger partial charge on any atom is 0.239 e. The lowest BCUT2D eigenvalue weighted by Crippen LogP contribution is -2.46. The van der Waals surface area contributed by atoms with Gasteiger partial charge in [-0.3, -0.25) is 4.79 Å². The number of carbonyl (C=O) groups excluding carboxylic acids is 1. The predicted octanol–water partition coefficient (Wildman–Crippen LogP) is 1.01. The first-order valence-corrected chi connectivity index (χ1v) is 7.33. The SMILES string of the molecule is CCOCCO[C@H]1CCN(C(=O)C(N)C(C)CC)C1. The molecule has 0 saturated carbocycles. The summed E-state index contributed by atoms with van der Waals surface area (Å²) in [5.41, 5.74) is 5.98. The first kappa shape index (κ1) is 16.4. The Labute approximate surface area is 116 Å². The van der Waals surface area contributed by atoms with Crippen molar-refractivity contribution in [3.8, 4) is 0 Å². The summed E-state index contributed by atoms with van der Waals surface area (Å²) in [7, 11) is 0. The van der Waals surface area contributed by atoms with Gasteiger partial charge in [-0.1, -0.05) is 20.3 Å². The molecule has 0 aromatic rings. The van der Waals surface area contributed by atoms with Crippen molar-refractivity contribution in [2.24, 2.45) is 11.7 Å². The normalized spacial score (nSPS) is 22.5. The minimum absolute atomic E-state index is 0.0604. The third-order valence-corrected chi connectivity index (χ3v) is 3.78. The molecule has 1 amide bonds. The molecule has 0 aromatic carbocycles. The Morgan fingerprint density at radius 1 is 1.42 bits per heavy atom. The Balaban J connectivity index is 2.29. The van der Waals surface area contributed by atoms with Crippen LogP contribution in [0.3, 0.4) is 0 Å². The molecule has 1 aliphatic heterocycles. The molecule has 3 atom stereocenters. The molecule has 0 bridgehead atoms. The number of ether oxygens (including phenoxy) is 2. The van der Waals surface area contributed by atoms with Crippen LogP contribution in [-0.2, 0) is 14.3 Å². The number of carbonyl (C=O) groups is 1. The van der Waals surface area contributed by atoms with E-state index in [4.69, 9.17) is 15.2 Å². The van der Waals surface area contributed by atoms with Crippen LogP contribution in [0.25, 0.3) is 0 Å². The van der Waals surface area contributed by atoms with E-state index in [0.717, 1.165) is 19.4 Å². The van der Waals surface area contributed by atoms with Gasteiger partial charge in [-0.05, 0) is 19.3 Å². The topological polar surface area (TPSA) is 64.8 Å². The Bertz CT molecular complexity index is 273. The lowest BCUT2D eigenvalue weighted by Gasteiger charge is -2.24. The highest BCUT2D eigenvalue weighted by Crippen LogP contribution is 2.16. The molecule has 0 aliphatic carbocycles. The van der Waals surface area contributed by atoms with Crippen molar-refractivity contribution in [3.05, 3.63) is 0 Å². The summed E-state index contributed by atoms with van der Waals surface area (Å²) < 4.78 is 10.9. The Morgan fingerprint density at radius 3 is 2.79 bits per heavy atom. The van der Waals surface area contributed by atoms with Gasteiger partial charge in [0.25, 0.3) is 0 Å². The molecule has 0 aromatic heterocycles. The molecular weight excluding hydrogens is 244 g/mol. The van der Waals surface area contributed by atoms with Crippen LogP contribution in [0.15, 0.2) is 0 Å². The molecule has 19 heavy (non-hydrogen) atoms. The molecular formula is C14H28N2O3. The minimum atomic E-state index is -0.382. The molecule has 1 rings (SSSR count). The molecule has 1 heterocycles. The third-order valence-electron chi connectivity index (χ3n) is 3.78. The fraction of sp³-hybridized carbons (Fsp3) is 0.929. The maximum absolute atomic E-state index is 12.2. The fourth-order valence-electron chi connectivity index (χ4n) is 2.19. The van der Waals surface area contributed by atoms with E-state index in [1.54, 1.807) is 0 Å². The van der Waals surface area contributed by atoms with E-state index in [2.05, 4.69) is 6.92 Å².